The number of ether oxygens (including phenoxy) is 1. The molecule has 1 unspecified atom stereocenters. The van der Waals surface area contributed by atoms with Gasteiger partial charge in [0.05, 0.1) is 30.0 Å². The van der Waals surface area contributed by atoms with Gasteiger partial charge in [0.25, 0.3) is 0 Å². The van der Waals surface area contributed by atoms with E-state index in [4.69, 9.17) is 11.5 Å². The number of nitrogen functional groups attached to an aromatic ring is 1. The van der Waals surface area contributed by atoms with Crippen molar-refractivity contribution in [3.05, 3.63) is 23.8 Å². The summed E-state index contributed by atoms with van der Waals surface area (Å²) in [6.45, 7) is 0.170. The minimum absolute atomic E-state index is 0.0528. The highest BCUT2D eigenvalue weighted by Gasteiger charge is 2.35. The van der Waals surface area contributed by atoms with E-state index in [1.165, 1.54) is 30.2 Å². The van der Waals surface area contributed by atoms with Crippen molar-refractivity contribution >= 4 is 29.2 Å². The summed E-state index contributed by atoms with van der Waals surface area (Å²) in [7, 11) is 1.27. The monoisotopic (exact) mass is 277 g/mol. The second-order valence-electron chi connectivity index (χ2n) is 4.57. The topological polar surface area (TPSA) is 116 Å². The molecule has 0 radical (unpaired) electrons. The second kappa shape index (κ2) is 5.20. The predicted octanol–water partition coefficient (Wildman–Crippen LogP) is -0.106. The molecule has 0 saturated carbocycles. The lowest BCUT2D eigenvalue weighted by atomic mass is 10.1. The molecule has 2 rings (SSSR count). The first-order chi connectivity index (χ1) is 9.43. The third-order valence-corrected chi connectivity index (χ3v) is 3.27. The molecule has 0 aliphatic carbocycles. The van der Waals surface area contributed by atoms with Gasteiger partial charge < -0.3 is 21.1 Å². The number of methoxy groups -OCH3 is 1. The summed E-state index contributed by atoms with van der Waals surface area (Å²) >= 11 is 0. The van der Waals surface area contributed by atoms with Gasteiger partial charge in [0.15, 0.2) is 0 Å². The predicted molar refractivity (Wildman–Crippen MR) is 71.8 cm³/mol. The van der Waals surface area contributed by atoms with Crippen LogP contribution >= 0.6 is 0 Å². The number of nitrogens with zero attached hydrogens (tertiary/aromatic N) is 1. The van der Waals surface area contributed by atoms with Gasteiger partial charge in [0.2, 0.25) is 11.8 Å². The second-order valence-corrected chi connectivity index (χ2v) is 4.57. The van der Waals surface area contributed by atoms with Crippen LogP contribution in [-0.4, -0.2) is 31.4 Å². The Morgan fingerprint density at radius 1 is 1.40 bits per heavy atom. The molecule has 1 saturated heterocycles. The first kappa shape index (κ1) is 13.9. The van der Waals surface area contributed by atoms with Crippen molar-refractivity contribution in [2.24, 2.45) is 11.7 Å². The van der Waals surface area contributed by atoms with Crippen LogP contribution in [0.4, 0.5) is 11.4 Å². The van der Waals surface area contributed by atoms with E-state index in [0.717, 1.165) is 0 Å². The minimum Gasteiger partial charge on any atom is -0.465 e. The van der Waals surface area contributed by atoms with Crippen molar-refractivity contribution in [3.63, 3.8) is 0 Å². The maximum Gasteiger partial charge on any atom is 0.337 e. The number of amides is 2. The largest absolute Gasteiger partial charge is 0.465 e. The Morgan fingerprint density at radius 3 is 2.65 bits per heavy atom. The fourth-order valence-electron chi connectivity index (χ4n) is 2.15. The van der Waals surface area contributed by atoms with E-state index < -0.39 is 17.8 Å². The van der Waals surface area contributed by atoms with Gasteiger partial charge >= 0.3 is 5.97 Å². The molecule has 0 spiro atoms. The van der Waals surface area contributed by atoms with Gasteiger partial charge in [-0.1, -0.05) is 0 Å². The number of rotatable bonds is 3. The molecule has 1 heterocycles. The van der Waals surface area contributed by atoms with E-state index >= 15 is 0 Å². The first-order valence-electron chi connectivity index (χ1n) is 6.01. The molecule has 20 heavy (non-hydrogen) atoms. The fraction of sp³-hybridized carbons (Fsp3) is 0.308. The number of hydrogen-bond acceptors (Lipinski definition) is 5. The van der Waals surface area contributed by atoms with Crippen molar-refractivity contribution in [1.82, 2.24) is 0 Å². The van der Waals surface area contributed by atoms with Crippen molar-refractivity contribution < 1.29 is 19.1 Å². The average Bonchev–Trinajstić information content (AvgIpc) is 2.80. The number of nitrogens with two attached hydrogens (primary N) is 2. The lowest BCUT2D eigenvalue weighted by Crippen LogP contribution is -2.29. The fourth-order valence-corrected chi connectivity index (χ4v) is 2.15. The Morgan fingerprint density at radius 2 is 2.10 bits per heavy atom. The molecule has 7 heteroatoms. The summed E-state index contributed by atoms with van der Waals surface area (Å²) in [5.41, 5.74) is 12.1. The zero-order valence-electron chi connectivity index (χ0n) is 11.0. The van der Waals surface area contributed by atoms with Gasteiger partial charge in [0, 0.05) is 13.0 Å². The van der Waals surface area contributed by atoms with E-state index in [1.807, 2.05) is 0 Å². The van der Waals surface area contributed by atoms with Crippen LogP contribution < -0.4 is 16.4 Å². The summed E-state index contributed by atoms with van der Waals surface area (Å²) < 4.78 is 4.62. The standard InChI is InChI=1S/C13H15N3O4/c1-20-13(19)7-2-3-9(14)10(4-7)16-6-8(12(15)18)5-11(16)17/h2-4,8H,5-6,14H2,1H3,(H2,15,18). The molecular weight excluding hydrogens is 262 g/mol. The molecule has 1 aliphatic rings. The van der Waals surface area contributed by atoms with Crippen molar-refractivity contribution in [3.8, 4) is 0 Å². The van der Waals surface area contributed by atoms with Gasteiger partial charge in [-0.2, -0.15) is 0 Å². The van der Waals surface area contributed by atoms with Crippen LogP contribution in [0.25, 0.3) is 0 Å². The Kier molecular flexibility index (Phi) is 3.60. The van der Waals surface area contributed by atoms with Crippen LogP contribution in [0, 0.1) is 5.92 Å². The summed E-state index contributed by atoms with van der Waals surface area (Å²) in [6.07, 6.45) is 0.0528. The number of anilines is 2. The summed E-state index contributed by atoms with van der Waals surface area (Å²) in [4.78, 5) is 36.0. The van der Waals surface area contributed by atoms with Crippen molar-refractivity contribution in [2.75, 3.05) is 24.3 Å². The van der Waals surface area contributed by atoms with E-state index in [-0.39, 0.29) is 24.4 Å². The Balaban J connectivity index is 2.35. The van der Waals surface area contributed by atoms with E-state index in [2.05, 4.69) is 4.74 Å². The normalized spacial score (nSPS) is 18.1. The number of benzene rings is 1. The lowest BCUT2D eigenvalue weighted by molar-refractivity contribution is -0.123. The maximum absolute atomic E-state index is 11.9. The molecule has 2 amide bonds. The van der Waals surface area contributed by atoms with Crippen LogP contribution in [0.15, 0.2) is 18.2 Å². The summed E-state index contributed by atoms with van der Waals surface area (Å²) in [5.74, 6) is -1.83. The van der Waals surface area contributed by atoms with E-state index in [0.29, 0.717) is 11.4 Å². The molecule has 1 aliphatic heterocycles. The number of esters is 1. The van der Waals surface area contributed by atoms with Gasteiger partial charge in [-0.25, -0.2) is 4.79 Å². The quantitative estimate of drug-likeness (QED) is 0.591. The van der Waals surface area contributed by atoms with Crippen molar-refractivity contribution in [2.45, 2.75) is 6.42 Å². The van der Waals surface area contributed by atoms with Crippen LogP contribution in [0.2, 0.25) is 0 Å². The van der Waals surface area contributed by atoms with E-state index in [9.17, 15) is 14.4 Å². The number of carbonyl (C=O) groups is 3. The number of hydrogen-bond donors (Lipinski definition) is 2. The van der Waals surface area contributed by atoms with Crippen LogP contribution in [0.1, 0.15) is 16.8 Å². The van der Waals surface area contributed by atoms with Gasteiger partial charge in [-0.15, -0.1) is 0 Å². The molecule has 0 aromatic heterocycles. The summed E-state index contributed by atoms with van der Waals surface area (Å²) in [5, 5.41) is 0. The minimum atomic E-state index is -0.538. The van der Waals surface area contributed by atoms with Gasteiger partial charge in [-0.3, -0.25) is 9.59 Å². The molecule has 7 nitrogen and oxygen atoms in total. The molecule has 4 N–H and O–H groups in total. The molecule has 106 valence electrons. The third-order valence-electron chi connectivity index (χ3n) is 3.27. The highest BCUT2D eigenvalue weighted by molar-refractivity contribution is 6.03. The van der Waals surface area contributed by atoms with Crippen molar-refractivity contribution in [1.29, 1.82) is 0 Å². The third kappa shape index (κ3) is 2.42. The molecule has 1 fully saturated rings. The Bertz CT molecular complexity index is 585. The molecule has 0 bridgehead atoms. The lowest BCUT2D eigenvalue weighted by Gasteiger charge is -2.19. The SMILES string of the molecule is COC(=O)c1ccc(N)c(N2CC(C(N)=O)CC2=O)c1. The summed E-state index contributed by atoms with van der Waals surface area (Å²) in [6, 6.07) is 4.51. The highest BCUT2D eigenvalue weighted by Crippen LogP contribution is 2.30. The molecule has 1 atom stereocenters. The number of primary amides is 1. The zero-order chi connectivity index (χ0) is 14.9. The van der Waals surface area contributed by atoms with Crippen LogP contribution in [-0.2, 0) is 14.3 Å². The first-order valence-corrected chi connectivity index (χ1v) is 6.01. The zero-order valence-corrected chi connectivity index (χ0v) is 11.0. The van der Waals surface area contributed by atoms with Gasteiger partial charge in [-0.05, 0) is 18.2 Å². The van der Waals surface area contributed by atoms with E-state index in [1.54, 1.807) is 0 Å². The Labute approximate surface area is 115 Å². The smallest absolute Gasteiger partial charge is 0.337 e. The van der Waals surface area contributed by atoms with Crippen LogP contribution in [0.5, 0.6) is 0 Å². The van der Waals surface area contributed by atoms with Gasteiger partial charge in [0.1, 0.15) is 0 Å². The maximum atomic E-state index is 11.9. The highest BCUT2D eigenvalue weighted by atomic mass is 16.5. The molecule has 1 aromatic carbocycles. The average molecular weight is 277 g/mol. The Hall–Kier alpha value is -2.57. The number of carbonyl (C=O) groups excluding carboxylic acids is 3. The molecule has 1 aromatic rings. The van der Waals surface area contributed by atoms with Crippen LogP contribution in [0.3, 0.4) is 0 Å². The molecular formula is C13H15N3O4.